The first kappa shape index (κ1) is 16.1. The molecule has 1 aromatic heterocycles. The summed E-state index contributed by atoms with van der Waals surface area (Å²) < 4.78 is 0. The van der Waals surface area contributed by atoms with Crippen molar-refractivity contribution in [2.45, 2.75) is 19.5 Å². The van der Waals surface area contributed by atoms with E-state index in [4.69, 9.17) is 0 Å². The zero-order chi connectivity index (χ0) is 17.1. The fourth-order valence-electron chi connectivity index (χ4n) is 3.25. The summed E-state index contributed by atoms with van der Waals surface area (Å²) in [6.45, 7) is 3.13. The van der Waals surface area contributed by atoms with Crippen LogP contribution in [0.3, 0.4) is 0 Å². The van der Waals surface area contributed by atoms with Gasteiger partial charge in [0.25, 0.3) is 0 Å². The second kappa shape index (κ2) is 7.22. The topological polar surface area (TPSA) is 12.0 Å². The predicted octanol–water partition coefficient (Wildman–Crippen LogP) is 6.42. The van der Waals surface area contributed by atoms with Crippen LogP contribution in [0.15, 0.2) is 84.2 Å². The van der Waals surface area contributed by atoms with Crippen molar-refractivity contribution >= 4 is 22.1 Å². The van der Waals surface area contributed by atoms with Crippen molar-refractivity contribution in [3.63, 3.8) is 0 Å². The molecule has 1 nitrogen and oxygen atoms in total. The number of hydrogen-bond acceptors (Lipinski definition) is 2. The SMILES string of the molecule is C[C@@H](NCc1cc(-c2ccccc2)cs1)c1cccc2ccccc12. The van der Waals surface area contributed by atoms with Crippen LogP contribution in [0.5, 0.6) is 0 Å². The van der Waals surface area contributed by atoms with E-state index in [1.54, 1.807) is 0 Å². The summed E-state index contributed by atoms with van der Waals surface area (Å²) in [7, 11) is 0. The van der Waals surface area contributed by atoms with Gasteiger partial charge in [-0.3, -0.25) is 0 Å². The molecule has 0 amide bonds. The Morgan fingerprint density at radius 1 is 0.840 bits per heavy atom. The summed E-state index contributed by atoms with van der Waals surface area (Å²) in [5.41, 5.74) is 3.95. The van der Waals surface area contributed by atoms with Gasteiger partial charge in [-0.05, 0) is 45.8 Å². The summed E-state index contributed by atoms with van der Waals surface area (Å²) in [4.78, 5) is 1.37. The molecule has 1 N–H and O–H groups in total. The van der Waals surface area contributed by atoms with E-state index in [0.29, 0.717) is 6.04 Å². The van der Waals surface area contributed by atoms with Crippen LogP contribution in [0, 0.1) is 0 Å². The molecule has 0 spiro atoms. The molecule has 0 radical (unpaired) electrons. The minimum Gasteiger partial charge on any atom is -0.305 e. The van der Waals surface area contributed by atoms with Gasteiger partial charge in [0.15, 0.2) is 0 Å². The van der Waals surface area contributed by atoms with Crippen LogP contribution in [-0.2, 0) is 6.54 Å². The molecule has 25 heavy (non-hydrogen) atoms. The molecule has 3 aromatic carbocycles. The average molecular weight is 343 g/mol. The second-order valence-corrected chi connectivity index (χ2v) is 7.33. The molecule has 0 saturated carbocycles. The third-order valence-electron chi connectivity index (χ3n) is 4.63. The first-order chi connectivity index (χ1) is 12.3. The van der Waals surface area contributed by atoms with E-state index in [1.807, 2.05) is 11.3 Å². The minimum atomic E-state index is 0.313. The highest BCUT2D eigenvalue weighted by Crippen LogP contribution is 2.27. The van der Waals surface area contributed by atoms with Gasteiger partial charge in [0.2, 0.25) is 0 Å². The van der Waals surface area contributed by atoms with Gasteiger partial charge in [0.05, 0.1) is 0 Å². The maximum Gasteiger partial charge on any atom is 0.0305 e. The lowest BCUT2D eigenvalue weighted by Gasteiger charge is -2.16. The van der Waals surface area contributed by atoms with Crippen molar-refractivity contribution in [1.29, 1.82) is 0 Å². The molecule has 2 heteroatoms. The van der Waals surface area contributed by atoms with Crippen molar-refractivity contribution in [2.24, 2.45) is 0 Å². The third kappa shape index (κ3) is 3.51. The largest absolute Gasteiger partial charge is 0.305 e. The first-order valence-corrected chi connectivity index (χ1v) is 9.53. The Hall–Kier alpha value is -2.42. The van der Waals surface area contributed by atoms with Crippen molar-refractivity contribution in [2.75, 3.05) is 0 Å². The number of hydrogen-bond donors (Lipinski definition) is 1. The number of thiophene rings is 1. The van der Waals surface area contributed by atoms with Crippen LogP contribution >= 0.6 is 11.3 Å². The smallest absolute Gasteiger partial charge is 0.0305 e. The summed E-state index contributed by atoms with van der Waals surface area (Å²) in [5.74, 6) is 0. The monoisotopic (exact) mass is 343 g/mol. The van der Waals surface area contributed by atoms with Crippen LogP contribution in [-0.4, -0.2) is 0 Å². The fourth-order valence-corrected chi connectivity index (χ4v) is 4.09. The van der Waals surface area contributed by atoms with Crippen LogP contribution < -0.4 is 5.32 Å². The molecule has 0 aliphatic heterocycles. The van der Waals surface area contributed by atoms with Gasteiger partial charge in [0, 0.05) is 17.5 Å². The highest BCUT2D eigenvalue weighted by molar-refractivity contribution is 7.10. The van der Waals surface area contributed by atoms with Gasteiger partial charge in [0.1, 0.15) is 0 Å². The van der Waals surface area contributed by atoms with Crippen LogP contribution in [0.4, 0.5) is 0 Å². The van der Waals surface area contributed by atoms with Gasteiger partial charge in [-0.25, -0.2) is 0 Å². The summed E-state index contributed by atoms with van der Waals surface area (Å²) >= 11 is 1.82. The van der Waals surface area contributed by atoms with Crippen molar-refractivity contribution in [1.82, 2.24) is 5.32 Å². The summed E-state index contributed by atoms with van der Waals surface area (Å²) in [6, 6.07) is 28.3. The molecule has 4 rings (SSSR count). The highest BCUT2D eigenvalue weighted by atomic mass is 32.1. The fraction of sp³-hybridized carbons (Fsp3) is 0.130. The van der Waals surface area contributed by atoms with E-state index in [1.165, 1.54) is 32.3 Å². The normalized spacial score (nSPS) is 12.4. The summed E-state index contributed by atoms with van der Waals surface area (Å²) in [6.07, 6.45) is 0. The van der Waals surface area contributed by atoms with E-state index >= 15 is 0 Å². The second-order valence-electron chi connectivity index (χ2n) is 6.34. The molecule has 0 fully saturated rings. The number of fused-ring (bicyclic) bond motifs is 1. The van der Waals surface area contributed by atoms with E-state index < -0.39 is 0 Å². The minimum absolute atomic E-state index is 0.313. The van der Waals surface area contributed by atoms with Gasteiger partial charge in [-0.2, -0.15) is 0 Å². The molecule has 0 saturated heterocycles. The van der Waals surface area contributed by atoms with E-state index in [-0.39, 0.29) is 0 Å². The van der Waals surface area contributed by atoms with Crippen LogP contribution in [0.25, 0.3) is 21.9 Å². The lowest BCUT2D eigenvalue weighted by atomic mass is 10.00. The molecule has 0 aliphatic rings. The number of nitrogens with one attached hydrogen (secondary N) is 1. The molecule has 0 unspecified atom stereocenters. The third-order valence-corrected chi connectivity index (χ3v) is 5.57. The zero-order valence-corrected chi connectivity index (χ0v) is 15.1. The quantitative estimate of drug-likeness (QED) is 0.441. The van der Waals surface area contributed by atoms with Crippen molar-refractivity contribution in [3.8, 4) is 11.1 Å². The van der Waals surface area contributed by atoms with E-state index in [2.05, 4.69) is 96.5 Å². The molecular formula is C23H21NS. The van der Waals surface area contributed by atoms with Gasteiger partial charge in [-0.1, -0.05) is 72.8 Å². The molecule has 4 aromatic rings. The molecule has 1 heterocycles. The first-order valence-electron chi connectivity index (χ1n) is 8.65. The van der Waals surface area contributed by atoms with E-state index in [0.717, 1.165) is 6.54 Å². The summed E-state index contributed by atoms with van der Waals surface area (Å²) in [5, 5.41) is 8.56. The Morgan fingerprint density at radius 2 is 1.60 bits per heavy atom. The van der Waals surface area contributed by atoms with E-state index in [9.17, 15) is 0 Å². The van der Waals surface area contributed by atoms with Crippen molar-refractivity contribution in [3.05, 3.63) is 94.7 Å². The van der Waals surface area contributed by atoms with Gasteiger partial charge < -0.3 is 5.32 Å². The molecule has 124 valence electrons. The Balaban J connectivity index is 1.49. The molecule has 1 atom stereocenters. The predicted molar refractivity (Wildman–Crippen MR) is 109 cm³/mol. The Kier molecular flexibility index (Phi) is 4.64. The number of benzene rings is 3. The lowest BCUT2D eigenvalue weighted by molar-refractivity contribution is 0.582. The molecular weight excluding hydrogens is 322 g/mol. The van der Waals surface area contributed by atoms with Gasteiger partial charge in [-0.15, -0.1) is 11.3 Å². The zero-order valence-electron chi connectivity index (χ0n) is 14.3. The Bertz CT molecular complexity index is 966. The number of rotatable bonds is 5. The lowest BCUT2D eigenvalue weighted by Crippen LogP contribution is -2.17. The molecule has 0 aliphatic carbocycles. The van der Waals surface area contributed by atoms with Crippen LogP contribution in [0.1, 0.15) is 23.4 Å². The highest BCUT2D eigenvalue weighted by Gasteiger charge is 2.09. The standard InChI is InChI=1S/C23H21NS/c1-17(22-13-7-11-19-10-5-6-12-23(19)22)24-15-21-14-20(16-25-21)18-8-3-2-4-9-18/h2-14,16-17,24H,15H2,1H3/t17-/m1/s1. The maximum absolute atomic E-state index is 3.68. The Morgan fingerprint density at radius 3 is 2.48 bits per heavy atom. The van der Waals surface area contributed by atoms with Gasteiger partial charge >= 0.3 is 0 Å². The molecule has 0 bridgehead atoms. The van der Waals surface area contributed by atoms with Crippen molar-refractivity contribution < 1.29 is 0 Å². The maximum atomic E-state index is 3.68. The van der Waals surface area contributed by atoms with Crippen LogP contribution in [0.2, 0.25) is 0 Å². The Labute approximate surface area is 153 Å². The average Bonchev–Trinajstić information content (AvgIpc) is 3.15.